The number of likely N-dealkylation sites (tertiary alicyclic amines) is 1. The van der Waals surface area contributed by atoms with E-state index in [1.165, 1.54) is 35.8 Å². The summed E-state index contributed by atoms with van der Waals surface area (Å²) in [7, 11) is 0. The zero-order valence-electron chi connectivity index (χ0n) is 31.8. The Hall–Kier alpha value is -4.24. The average molecular weight is 720 g/mol. The number of piperazine rings is 2. The Morgan fingerprint density at radius 3 is 2.23 bits per heavy atom. The highest BCUT2D eigenvalue weighted by Crippen LogP contribution is 2.30. The zero-order chi connectivity index (χ0) is 37.1. The Kier molecular flexibility index (Phi) is 11.5. The van der Waals surface area contributed by atoms with Crippen LogP contribution in [0.4, 0.5) is 0 Å². The second-order valence-electron chi connectivity index (χ2n) is 16.6. The van der Waals surface area contributed by atoms with Gasteiger partial charge in [0, 0.05) is 44.8 Å². The molecule has 9 nitrogen and oxygen atoms in total. The van der Waals surface area contributed by atoms with E-state index in [1.807, 2.05) is 15.9 Å². The van der Waals surface area contributed by atoms with E-state index in [0.717, 1.165) is 43.2 Å². The van der Waals surface area contributed by atoms with Gasteiger partial charge in [-0.25, -0.2) is 0 Å². The third-order valence-electron chi connectivity index (χ3n) is 12.5. The first-order valence-electron chi connectivity index (χ1n) is 20.1. The summed E-state index contributed by atoms with van der Waals surface area (Å²) >= 11 is 0. The number of fused-ring (bicyclic) bond motifs is 1. The summed E-state index contributed by atoms with van der Waals surface area (Å²) in [6.07, 6.45) is 9.05. The van der Waals surface area contributed by atoms with Crippen LogP contribution in [-0.4, -0.2) is 107 Å². The highest BCUT2D eigenvalue weighted by atomic mass is 16.2. The molecule has 3 saturated heterocycles. The lowest BCUT2D eigenvalue weighted by atomic mass is 9.87. The molecule has 4 atom stereocenters. The molecule has 7 rings (SSSR count). The number of carbonyl (C=O) groups excluding carboxylic acids is 4. The van der Waals surface area contributed by atoms with Crippen LogP contribution in [0.1, 0.15) is 75.5 Å². The fraction of sp³-hybridized carbons (Fsp3) is 0.545. The van der Waals surface area contributed by atoms with E-state index in [2.05, 4.69) is 91.7 Å². The number of benzene rings is 3. The molecule has 1 unspecified atom stereocenters. The van der Waals surface area contributed by atoms with Crippen LogP contribution >= 0.6 is 0 Å². The molecule has 4 fully saturated rings. The Balaban J connectivity index is 1.19. The molecule has 0 radical (unpaired) electrons. The molecular formula is C44H57N5O4. The van der Waals surface area contributed by atoms with Crippen molar-refractivity contribution in [2.75, 3.05) is 39.3 Å². The molecule has 9 heteroatoms. The Bertz CT molecular complexity index is 1790. The minimum atomic E-state index is -0.532. The molecule has 282 valence electrons. The first-order valence-corrected chi connectivity index (χ1v) is 20.1. The maximum Gasteiger partial charge on any atom is 0.312 e. The van der Waals surface area contributed by atoms with Crippen LogP contribution in [0, 0.1) is 18.8 Å². The Morgan fingerprint density at radius 2 is 1.47 bits per heavy atom. The van der Waals surface area contributed by atoms with Crippen molar-refractivity contribution in [2.45, 2.75) is 103 Å². The molecule has 3 aromatic rings. The van der Waals surface area contributed by atoms with Gasteiger partial charge < -0.3 is 20.0 Å². The predicted molar refractivity (Wildman–Crippen MR) is 208 cm³/mol. The van der Waals surface area contributed by atoms with Gasteiger partial charge in [0.15, 0.2) is 0 Å². The molecule has 1 N–H and O–H groups in total. The number of nitrogens with zero attached hydrogens (tertiary/aromatic N) is 4. The standard InChI is InChI=1S/C44H57N5O4/c1-30(2)40-25-45-41(50)42(51)49(40)28-37-14-9-21-46(37)27-38(24-34-19-20-35-12-7-8-13-36(35)22-34)48-29-39(23-32-17-15-31(3)16-18-32)47(43(52)44(48)53)26-33-10-5-4-6-11-33/h7-8,12-13,15-20,22,30,33,37-40H,4-6,9-11,14,21,23-29H2,1-3H3,(H,45,50)/t37-,38+,39+,40?/m0/s1. The lowest BCUT2D eigenvalue weighted by Crippen LogP contribution is -2.65. The monoisotopic (exact) mass is 719 g/mol. The largest absolute Gasteiger partial charge is 0.346 e. The van der Waals surface area contributed by atoms with Crippen LogP contribution in [0.25, 0.3) is 10.8 Å². The molecular weight excluding hydrogens is 663 g/mol. The third-order valence-corrected chi connectivity index (χ3v) is 12.5. The quantitative estimate of drug-likeness (QED) is 0.255. The summed E-state index contributed by atoms with van der Waals surface area (Å²) in [5, 5.41) is 5.11. The molecule has 0 spiro atoms. The van der Waals surface area contributed by atoms with Gasteiger partial charge in [0.1, 0.15) is 0 Å². The van der Waals surface area contributed by atoms with E-state index in [1.54, 1.807) is 4.90 Å². The van der Waals surface area contributed by atoms with Crippen LogP contribution in [-0.2, 0) is 32.0 Å². The molecule has 1 aliphatic carbocycles. The highest BCUT2D eigenvalue weighted by molar-refractivity contribution is 6.36. The van der Waals surface area contributed by atoms with Crippen molar-refractivity contribution in [3.63, 3.8) is 0 Å². The molecule has 4 aliphatic rings. The topological polar surface area (TPSA) is 93.3 Å². The van der Waals surface area contributed by atoms with Crippen molar-refractivity contribution in [3.05, 3.63) is 83.4 Å². The van der Waals surface area contributed by atoms with Crippen molar-refractivity contribution in [2.24, 2.45) is 11.8 Å². The third kappa shape index (κ3) is 8.45. The molecule has 3 aliphatic heterocycles. The van der Waals surface area contributed by atoms with Gasteiger partial charge in [0.2, 0.25) is 0 Å². The summed E-state index contributed by atoms with van der Waals surface area (Å²) in [4.78, 5) is 62.6. The molecule has 3 aromatic carbocycles. The van der Waals surface area contributed by atoms with Crippen molar-refractivity contribution in [3.8, 4) is 0 Å². The highest BCUT2D eigenvalue weighted by Gasteiger charge is 2.44. The summed E-state index contributed by atoms with van der Waals surface area (Å²) in [6.45, 7) is 9.79. The molecule has 0 bridgehead atoms. The zero-order valence-corrected chi connectivity index (χ0v) is 31.8. The van der Waals surface area contributed by atoms with E-state index in [4.69, 9.17) is 0 Å². The summed E-state index contributed by atoms with van der Waals surface area (Å²) in [6, 6.07) is 23.1. The first-order chi connectivity index (χ1) is 25.6. The van der Waals surface area contributed by atoms with Gasteiger partial charge in [-0.05, 0) is 85.7 Å². The van der Waals surface area contributed by atoms with Crippen LogP contribution in [0.3, 0.4) is 0 Å². The van der Waals surface area contributed by atoms with Gasteiger partial charge in [-0.1, -0.05) is 105 Å². The normalized spacial score (nSPS) is 24.1. The predicted octanol–water partition coefficient (Wildman–Crippen LogP) is 5.37. The minimum Gasteiger partial charge on any atom is -0.346 e. The lowest BCUT2D eigenvalue weighted by Gasteiger charge is -2.46. The number of rotatable bonds is 12. The van der Waals surface area contributed by atoms with E-state index < -0.39 is 17.7 Å². The number of amides is 4. The second-order valence-corrected chi connectivity index (χ2v) is 16.6. The number of hydrogen-bond acceptors (Lipinski definition) is 5. The van der Waals surface area contributed by atoms with Crippen molar-refractivity contribution in [1.82, 2.24) is 24.9 Å². The van der Waals surface area contributed by atoms with Crippen LogP contribution < -0.4 is 5.32 Å². The number of nitrogens with one attached hydrogen (secondary N) is 1. The number of hydrogen-bond donors (Lipinski definition) is 1. The SMILES string of the molecule is Cc1ccc(C[C@@H]2CN([C@H](Cc3ccc4ccccc4c3)CN3CCC[C@H]3CN3C(=O)C(=O)NCC3C(C)C)C(=O)C(=O)N2CC2CCCCC2)cc1. The van der Waals surface area contributed by atoms with Crippen molar-refractivity contribution < 1.29 is 19.2 Å². The Morgan fingerprint density at radius 1 is 0.736 bits per heavy atom. The van der Waals surface area contributed by atoms with E-state index in [9.17, 15) is 19.2 Å². The van der Waals surface area contributed by atoms with Gasteiger partial charge in [0.25, 0.3) is 0 Å². The summed E-state index contributed by atoms with van der Waals surface area (Å²) < 4.78 is 0. The lowest BCUT2D eigenvalue weighted by molar-refractivity contribution is -0.162. The van der Waals surface area contributed by atoms with E-state index in [-0.39, 0.29) is 36.0 Å². The maximum absolute atomic E-state index is 14.5. The van der Waals surface area contributed by atoms with Gasteiger partial charge in [-0.15, -0.1) is 0 Å². The minimum absolute atomic E-state index is 0.0602. The van der Waals surface area contributed by atoms with Crippen molar-refractivity contribution in [1.29, 1.82) is 0 Å². The van der Waals surface area contributed by atoms with Crippen molar-refractivity contribution >= 4 is 34.4 Å². The Labute approximate surface area is 315 Å². The van der Waals surface area contributed by atoms with Crippen LogP contribution in [0.2, 0.25) is 0 Å². The first kappa shape index (κ1) is 37.1. The van der Waals surface area contributed by atoms with E-state index >= 15 is 0 Å². The van der Waals surface area contributed by atoms with E-state index in [0.29, 0.717) is 51.5 Å². The summed E-state index contributed by atoms with van der Waals surface area (Å²) in [5.41, 5.74) is 3.51. The smallest absolute Gasteiger partial charge is 0.312 e. The van der Waals surface area contributed by atoms with Gasteiger partial charge in [0.05, 0.1) is 12.1 Å². The van der Waals surface area contributed by atoms with Gasteiger partial charge in [-0.3, -0.25) is 24.1 Å². The molecule has 4 amide bonds. The second kappa shape index (κ2) is 16.4. The maximum atomic E-state index is 14.5. The van der Waals surface area contributed by atoms with Crippen LogP contribution in [0.5, 0.6) is 0 Å². The summed E-state index contributed by atoms with van der Waals surface area (Å²) in [5.74, 6) is -1.12. The molecule has 1 saturated carbocycles. The fourth-order valence-electron chi connectivity index (χ4n) is 9.41. The molecule has 3 heterocycles. The molecule has 53 heavy (non-hydrogen) atoms. The number of carbonyl (C=O) groups is 4. The average Bonchev–Trinajstić information content (AvgIpc) is 3.60. The van der Waals surface area contributed by atoms with Gasteiger partial charge >= 0.3 is 23.6 Å². The number of aryl methyl sites for hydroxylation is 1. The molecule has 0 aromatic heterocycles. The van der Waals surface area contributed by atoms with Gasteiger partial charge in [-0.2, -0.15) is 0 Å². The van der Waals surface area contributed by atoms with Crippen LogP contribution in [0.15, 0.2) is 66.7 Å². The fourth-order valence-corrected chi connectivity index (χ4v) is 9.41.